The maximum absolute atomic E-state index is 12.3. The van der Waals surface area contributed by atoms with Gasteiger partial charge in [0.25, 0.3) is 0 Å². The molecule has 0 fully saturated rings. The van der Waals surface area contributed by atoms with Crippen molar-refractivity contribution < 1.29 is 14.3 Å². The maximum atomic E-state index is 12.3. The number of benzene rings is 1. The highest BCUT2D eigenvalue weighted by molar-refractivity contribution is 5.96. The van der Waals surface area contributed by atoms with Gasteiger partial charge in [-0.15, -0.1) is 0 Å². The molecule has 5 nitrogen and oxygen atoms in total. The van der Waals surface area contributed by atoms with E-state index in [1.54, 1.807) is 31.0 Å². The van der Waals surface area contributed by atoms with Crippen LogP contribution >= 0.6 is 0 Å². The number of ether oxygens (including phenoxy) is 1. The van der Waals surface area contributed by atoms with Gasteiger partial charge in [0.1, 0.15) is 6.10 Å². The Kier molecular flexibility index (Phi) is 4.10. The third kappa shape index (κ3) is 3.08. The van der Waals surface area contributed by atoms with Gasteiger partial charge in [-0.25, -0.2) is 4.79 Å². The largest absolute Gasteiger partial charge is 0.453 e. The van der Waals surface area contributed by atoms with Gasteiger partial charge in [0.05, 0.1) is 11.3 Å². The number of carbonyl (C=O) groups is 2. The van der Waals surface area contributed by atoms with Crippen LogP contribution in [0.3, 0.4) is 0 Å². The average molecular weight is 310 g/mol. The van der Waals surface area contributed by atoms with Crippen LogP contribution in [0.1, 0.15) is 41.6 Å². The second-order valence-electron chi connectivity index (χ2n) is 5.57. The van der Waals surface area contributed by atoms with E-state index < -0.39 is 6.10 Å². The van der Waals surface area contributed by atoms with Crippen molar-refractivity contribution in [3.05, 3.63) is 59.4 Å². The molecule has 1 amide bonds. The molecule has 0 bridgehead atoms. The first kappa shape index (κ1) is 15.2. The Morgan fingerprint density at radius 3 is 2.78 bits per heavy atom. The van der Waals surface area contributed by atoms with Crippen molar-refractivity contribution in [2.45, 2.75) is 26.4 Å². The first-order valence-electron chi connectivity index (χ1n) is 7.59. The first-order chi connectivity index (χ1) is 11.1. The number of aromatic nitrogens is 1. The van der Waals surface area contributed by atoms with E-state index in [0.717, 1.165) is 17.7 Å². The summed E-state index contributed by atoms with van der Waals surface area (Å²) in [5, 5.41) is 0. The van der Waals surface area contributed by atoms with Crippen LogP contribution < -0.4 is 4.90 Å². The number of nitrogens with zero attached hydrogens (tertiary/aromatic N) is 2. The average Bonchev–Trinajstić information content (AvgIpc) is 2.98. The number of hydrogen-bond acceptors (Lipinski definition) is 4. The van der Waals surface area contributed by atoms with Gasteiger partial charge in [-0.2, -0.15) is 0 Å². The summed E-state index contributed by atoms with van der Waals surface area (Å²) < 4.78 is 5.47. The molecular formula is C18H18N2O3. The molecule has 0 unspecified atom stereocenters. The minimum Gasteiger partial charge on any atom is -0.453 e. The number of fused-ring (bicyclic) bond motifs is 1. The van der Waals surface area contributed by atoms with Gasteiger partial charge in [0.15, 0.2) is 0 Å². The van der Waals surface area contributed by atoms with Crippen molar-refractivity contribution in [1.29, 1.82) is 0 Å². The number of anilines is 1. The molecule has 0 aliphatic carbocycles. The third-order valence-corrected chi connectivity index (χ3v) is 3.98. The molecule has 5 heteroatoms. The van der Waals surface area contributed by atoms with Crippen LogP contribution in [0.25, 0.3) is 0 Å². The zero-order valence-corrected chi connectivity index (χ0v) is 13.2. The van der Waals surface area contributed by atoms with E-state index in [-0.39, 0.29) is 11.9 Å². The SMILES string of the molecule is CC(=O)N1CCc2cc(C(=O)O[C@H](C)c3ccccn3)ccc21. The highest BCUT2D eigenvalue weighted by atomic mass is 16.5. The summed E-state index contributed by atoms with van der Waals surface area (Å²) in [6.07, 6.45) is 2.02. The number of pyridine rings is 1. The highest BCUT2D eigenvalue weighted by Crippen LogP contribution is 2.29. The van der Waals surface area contributed by atoms with Crippen LogP contribution in [0.15, 0.2) is 42.6 Å². The summed E-state index contributed by atoms with van der Waals surface area (Å²) in [5.74, 6) is -0.366. The third-order valence-electron chi connectivity index (χ3n) is 3.98. The summed E-state index contributed by atoms with van der Waals surface area (Å²) in [5.41, 5.74) is 3.09. The highest BCUT2D eigenvalue weighted by Gasteiger charge is 2.24. The van der Waals surface area contributed by atoms with Gasteiger partial charge in [0.2, 0.25) is 5.91 Å². The van der Waals surface area contributed by atoms with Gasteiger partial charge in [-0.1, -0.05) is 6.07 Å². The van der Waals surface area contributed by atoms with Crippen LogP contribution in [0.2, 0.25) is 0 Å². The molecule has 1 aromatic carbocycles. The van der Waals surface area contributed by atoms with Gasteiger partial charge in [-0.05, 0) is 49.2 Å². The molecule has 2 aromatic rings. The van der Waals surface area contributed by atoms with Crippen LogP contribution in [0, 0.1) is 0 Å². The number of hydrogen-bond donors (Lipinski definition) is 0. The van der Waals surface area contributed by atoms with Crippen molar-refractivity contribution in [1.82, 2.24) is 4.98 Å². The molecule has 0 N–H and O–H groups in total. The number of carbonyl (C=O) groups excluding carboxylic acids is 2. The second kappa shape index (κ2) is 6.20. The van der Waals surface area contributed by atoms with Gasteiger partial charge in [-0.3, -0.25) is 9.78 Å². The van der Waals surface area contributed by atoms with Crippen molar-refractivity contribution in [3.8, 4) is 0 Å². The number of esters is 1. The predicted octanol–water partition coefficient (Wildman–Crippen LogP) is 2.91. The Balaban J connectivity index is 1.75. The van der Waals surface area contributed by atoms with Crippen molar-refractivity contribution in [2.24, 2.45) is 0 Å². The summed E-state index contributed by atoms with van der Waals surface area (Å²) in [4.78, 5) is 29.8. The molecule has 1 aliphatic rings. The zero-order chi connectivity index (χ0) is 16.4. The summed E-state index contributed by atoms with van der Waals surface area (Å²) >= 11 is 0. The second-order valence-corrected chi connectivity index (χ2v) is 5.57. The quantitative estimate of drug-likeness (QED) is 0.818. The monoisotopic (exact) mass is 310 g/mol. The standard InChI is InChI=1S/C18H18N2O3/c1-12(16-5-3-4-9-19-16)23-18(22)15-6-7-17-14(11-15)8-10-20(17)13(2)21/h3-7,9,11-12H,8,10H2,1-2H3/t12-/m1/s1. The Morgan fingerprint density at radius 2 is 2.09 bits per heavy atom. The van der Waals surface area contributed by atoms with Crippen molar-refractivity contribution in [2.75, 3.05) is 11.4 Å². The van der Waals surface area contributed by atoms with Gasteiger partial charge < -0.3 is 9.64 Å². The van der Waals surface area contributed by atoms with E-state index >= 15 is 0 Å². The minimum absolute atomic E-state index is 0.0165. The smallest absolute Gasteiger partial charge is 0.338 e. The number of rotatable bonds is 3. The normalized spacial score (nSPS) is 14.3. The van der Waals surface area contributed by atoms with E-state index in [1.165, 1.54) is 0 Å². The van der Waals surface area contributed by atoms with Crippen LogP contribution in [-0.2, 0) is 16.0 Å². The number of amides is 1. The molecule has 3 rings (SSSR count). The fraction of sp³-hybridized carbons (Fsp3) is 0.278. The van der Waals surface area contributed by atoms with Crippen molar-refractivity contribution >= 4 is 17.6 Å². The molecule has 1 aliphatic heterocycles. The molecule has 118 valence electrons. The lowest BCUT2D eigenvalue weighted by Gasteiger charge is -2.15. The van der Waals surface area contributed by atoms with Crippen molar-refractivity contribution in [3.63, 3.8) is 0 Å². The molecule has 2 heterocycles. The van der Waals surface area contributed by atoms with Crippen LogP contribution in [0.4, 0.5) is 5.69 Å². The van der Waals surface area contributed by atoms with E-state index in [0.29, 0.717) is 17.8 Å². The summed E-state index contributed by atoms with van der Waals surface area (Å²) in [6.45, 7) is 4.00. The lowest BCUT2D eigenvalue weighted by Crippen LogP contribution is -2.25. The molecule has 1 atom stereocenters. The zero-order valence-electron chi connectivity index (χ0n) is 13.2. The van der Waals surface area contributed by atoms with Gasteiger partial charge in [0, 0.05) is 25.4 Å². The molecule has 0 radical (unpaired) electrons. The fourth-order valence-electron chi connectivity index (χ4n) is 2.76. The molecule has 23 heavy (non-hydrogen) atoms. The predicted molar refractivity (Wildman–Crippen MR) is 86.2 cm³/mol. The molecule has 0 saturated carbocycles. The first-order valence-corrected chi connectivity index (χ1v) is 7.59. The topological polar surface area (TPSA) is 59.5 Å². The molecule has 0 saturated heterocycles. The Labute approximate surface area is 134 Å². The lowest BCUT2D eigenvalue weighted by atomic mass is 10.1. The Bertz CT molecular complexity index is 743. The Morgan fingerprint density at radius 1 is 1.26 bits per heavy atom. The van der Waals surface area contributed by atoms with E-state index in [4.69, 9.17) is 4.74 Å². The van der Waals surface area contributed by atoms with Crippen LogP contribution in [0.5, 0.6) is 0 Å². The molecular weight excluding hydrogens is 292 g/mol. The molecule has 1 aromatic heterocycles. The Hall–Kier alpha value is -2.69. The van der Waals surface area contributed by atoms with Gasteiger partial charge >= 0.3 is 5.97 Å². The molecule has 0 spiro atoms. The fourth-order valence-corrected chi connectivity index (χ4v) is 2.76. The summed E-state index contributed by atoms with van der Waals surface area (Å²) in [6, 6.07) is 10.8. The van der Waals surface area contributed by atoms with E-state index in [9.17, 15) is 9.59 Å². The minimum atomic E-state index is -0.411. The van der Waals surface area contributed by atoms with E-state index in [1.807, 2.05) is 30.3 Å². The maximum Gasteiger partial charge on any atom is 0.338 e. The lowest BCUT2D eigenvalue weighted by molar-refractivity contribution is -0.116. The van der Waals surface area contributed by atoms with E-state index in [2.05, 4.69) is 4.98 Å². The van der Waals surface area contributed by atoms with Crippen LogP contribution in [-0.4, -0.2) is 23.4 Å². The summed E-state index contributed by atoms with van der Waals surface area (Å²) in [7, 11) is 0.